The monoisotopic (exact) mass is 559 g/mol. The Balaban J connectivity index is 1.47. The Bertz CT molecular complexity index is 1150. The molecule has 3 heterocycles. The molecule has 0 bridgehead atoms. The van der Waals surface area contributed by atoms with Crippen molar-refractivity contribution in [2.24, 2.45) is 0 Å². The van der Waals surface area contributed by atoms with Crippen LogP contribution in [0.4, 0.5) is 10.6 Å². The van der Waals surface area contributed by atoms with Gasteiger partial charge < -0.3 is 19.4 Å². The van der Waals surface area contributed by atoms with Crippen LogP contribution < -0.4 is 4.90 Å². The number of benzene rings is 1. The average molecular weight is 560 g/mol. The fraction of sp³-hybridized carbons (Fsp3) is 0.571. The summed E-state index contributed by atoms with van der Waals surface area (Å²) in [7, 11) is 1.72. The Kier molecular flexibility index (Phi) is 8.77. The molecule has 3 atom stereocenters. The molecule has 0 saturated carbocycles. The number of hydrogen-bond acceptors (Lipinski definition) is 7. The van der Waals surface area contributed by atoms with Gasteiger partial charge in [0.05, 0.1) is 11.6 Å². The fourth-order valence-electron chi connectivity index (χ4n) is 4.94. The zero-order chi connectivity index (χ0) is 27.6. The molecule has 2 aromatic rings. The third kappa shape index (κ3) is 6.54. The Morgan fingerprint density at radius 1 is 1.16 bits per heavy atom. The van der Waals surface area contributed by atoms with E-state index >= 15 is 0 Å². The maximum atomic E-state index is 13.9. The number of halogens is 1. The highest BCUT2D eigenvalue weighted by molar-refractivity contribution is 7.99. The summed E-state index contributed by atoms with van der Waals surface area (Å²) in [4.78, 5) is 41.5. The van der Waals surface area contributed by atoms with Gasteiger partial charge in [0.1, 0.15) is 17.7 Å². The molecule has 206 valence electrons. The fourth-order valence-corrected chi connectivity index (χ4v) is 6.11. The van der Waals surface area contributed by atoms with E-state index in [1.54, 1.807) is 18.3 Å². The molecule has 1 saturated heterocycles. The Hall–Kier alpha value is -2.52. The van der Waals surface area contributed by atoms with Crippen LogP contribution in [0.2, 0.25) is 5.02 Å². The maximum absolute atomic E-state index is 13.9. The van der Waals surface area contributed by atoms with Gasteiger partial charge in [-0.1, -0.05) is 23.7 Å². The van der Waals surface area contributed by atoms with Crippen molar-refractivity contribution in [2.75, 3.05) is 38.1 Å². The van der Waals surface area contributed by atoms with Gasteiger partial charge in [-0.15, -0.1) is 11.8 Å². The molecule has 38 heavy (non-hydrogen) atoms. The van der Waals surface area contributed by atoms with Crippen molar-refractivity contribution in [3.8, 4) is 0 Å². The minimum Gasteiger partial charge on any atom is -0.444 e. The molecule has 3 unspecified atom stereocenters. The molecule has 0 spiro atoms. The van der Waals surface area contributed by atoms with Crippen LogP contribution in [-0.2, 0) is 15.3 Å². The lowest BCUT2D eigenvalue weighted by molar-refractivity contribution is -0.133. The van der Waals surface area contributed by atoms with Crippen LogP contribution in [0, 0.1) is 0 Å². The van der Waals surface area contributed by atoms with Crippen LogP contribution in [0.3, 0.4) is 0 Å². The largest absolute Gasteiger partial charge is 0.444 e. The standard InChI is InChI=1S/C28H38ClN5O3S/c1-18(32(6)27(36)37-28(3,4)5)15-22(20-7-9-21(29)10-8-20)26(35)34-13-11-33(12-14-34)25-24-19(2)38-16-23(24)30-17-31-25/h7-10,17-19,22H,11-16H2,1-6H3. The summed E-state index contributed by atoms with van der Waals surface area (Å²) in [6.07, 6.45) is 1.74. The number of anilines is 1. The number of thioether (sulfide) groups is 1. The van der Waals surface area contributed by atoms with Gasteiger partial charge in [0.25, 0.3) is 0 Å². The molecule has 0 radical (unpaired) electrons. The van der Waals surface area contributed by atoms with E-state index in [2.05, 4.69) is 21.8 Å². The van der Waals surface area contributed by atoms with Crippen molar-refractivity contribution in [2.45, 2.75) is 69.6 Å². The highest BCUT2D eigenvalue weighted by Gasteiger charge is 2.34. The summed E-state index contributed by atoms with van der Waals surface area (Å²) >= 11 is 8.03. The molecule has 2 amide bonds. The third-order valence-corrected chi connectivity index (χ3v) is 8.63. The smallest absolute Gasteiger partial charge is 0.410 e. The zero-order valence-electron chi connectivity index (χ0n) is 23.1. The Morgan fingerprint density at radius 2 is 1.82 bits per heavy atom. The second-order valence-electron chi connectivity index (χ2n) is 11.1. The van der Waals surface area contributed by atoms with E-state index in [1.165, 1.54) is 5.56 Å². The zero-order valence-corrected chi connectivity index (χ0v) is 24.7. The highest BCUT2D eigenvalue weighted by Crippen LogP contribution is 2.44. The number of aromatic nitrogens is 2. The lowest BCUT2D eigenvalue weighted by atomic mass is 9.90. The summed E-state index contributed by atoms with van der Waals surface area (Å²) in [6, 6.07) is 7.23. The number of hydrogen-bond donors (Lipinski definition) is 0. The van der Waals surface area contributed by atoms with Crippen LogP contribution >= 0.6 is 23.4 Å². The van der Waals surface area contributed by atoms with Gasteiger partial charge in [-0.05, 0) is 58.7 Å². The van der Waals surface area contributed by atoms with Crippen molar-refractivity contribution in [1.29, 1.82) is 0 Å². The van der Waals surface area contributed by atoms with Gasteiger partial charge in [-0.2, -0.15) is 0 Å². The van der Waals surface area contributed by atoms with Crippen LogP contribution in [-0.4, -0.2) is 76.6 Å². The molecule has 2 aliphatic rings. The van der Waals surface area contributed by atoms with E-state index in [0.29, 0.717) is 42.9 Å². The second kappa shape index (κ2) is 11.7. The number of ether oxygens (including phenoxy) is 1. The van der Waals surface area contributed by atoms with Crippen LogP contribution in [0.25, 0.3) is 0 Å². The lowest BCUT2D eigenvalue weighted by Gasteiger charge is -2.38. The summed E-state index contributed by atoms with van der Waals surface area (Å²) in [5.74, 6) is 1.58. The summed E-state index contributed by atoms with van der Waals surface area (Å²) < 4.78 is 5.55. The average Bonchev–Trinajstić information content (AvgIpc) is 3.27. The van der Waals surface area contributed by atoms with Crippen molar-refractivity contribution in [3.63, 3.8) is 0 Å². The van der Waals surface area contributed by atoms with Crippen molar-refractivity contribution in [3.05, 3.63) is 52.4 Å². The minimum atomic E-state index is -0.587. The summed E-state index contributed by atoms with van der Waals surface area (Å²) in [5.41, 5.74) is 2.66. The third-order valence-electron chi connectivity index (χ3n) is 7.20. The first-order chi connectivity index (χ1) is 17.9. The molecule has 1 aromatic heterocycles. The van der Waals surface area contributed by atoms with Gasteiger partial charge in [0, 0.05) is 60.9 Å². The first-order valence-corrected chi connectivity index (χ1v) is 14.6. The van der Waals surface area contributed by atoms with Crippen molar-refractivity contribution in [1.82, 2.24) is 19.8 Å². The topological polar surface area (TPSA) is 78.9 Å². The highest BCUT2D eigenvalue weighted by atomic mass is 35.5. The van der Waals surface area contributed by atoms with E-state index in [-0.39, 0.29) is 11.9 Å². The van der Waals surface area contributed by atoms with E-state index in [9.17, 15) is 9.59 Å². The molecule has 2 aliphatic heterocycles. The molecule has 8 nitrogen and oxygen atoms in total. The molecule has 1 fully saturated rings. The number of piperazine rings is 1. The molecule has 0 aliphatic carbocycles. The number of fused-ring (bicyclic) bond motifs is 1. The molecule has 10 heteroatoms. The predicted octanol–water partition coefficient (Wildman–Crippen LogP) is 5.52. The van der Waals surface area contributed by atoms with E-state index in [0.717, 1.165) is 22.8 Å². The van der Waals surface area contributed by atoms with E-state index in [4.69, 9.17) is 16.3 Å². The van der Waals surface area contributed by atoms with Gasteiger partial charge >= 0.3 is 6.09 Å². The second-order valence-corrected chi connectivity index (χ2v) is 12.9. The number of rotatable bonds is 6. The van der Waals surface area contributed by atoms with Crippen molar-refractivity contribution < 1.29 is 14.3 Å². The number of carbonyl (C=O) groups excluding carboxylic acids is 2. The summed E-state index contributed by atoms with van der Waals surface area (Å²) in [6.45, 7) is 12.3. The first kappa shape index (κ1) is 28.5. The van der Waals surface area contributed by atoms with Crippen LogP contribution in [0.15, 0.2) is 30.6 Å². The quantitative estimate of drug-likeness (QED) is 0.461. The molecule has 0 N–H and O–H groups in total. The predicted molar refractivity (Wildman–Crippen MR) is 153 cm³/mol. The minimum absolute atomic E-state index is 0.0632. The van der Waals surface area contributed by atoms with E-state index < -0.39 is 17.6 Å². The van der Waals surface area contributed by atoms with Crippen molar-refractivity contribution >= 4 is 41.2 Å². The molecular formula is C28H38ClN5O3S. The first-order valence-electron chi connectivity index (χ1n) is 13.1. The maximum Gasteiger partial charge on any atom is 0.410 e. The SMILES string of the molecule is CC1SCc2ncnc(N3CCN(C(=O)C(CC(C)N(C)C(=O)OC(C)(C)C)c4ccc(Cl)cc4)CC3)c21. The van der Waals surface area contributed by atoms with E-state index in [1.807, 2.05) is 68.6 Å². The number of nitrogens with zero attached hydrogens (tertiary/aromatic N) is 5. The summed E-state index contributed by atoms with van der Waals surface area (Å²) in [5, 5.41) is 0.996. The lowest BCUT2D eigenvalue weighted by Crippen LogP contribution is -2.51. The van der Waals surface area contributed by atoms with Gasteiger partial charge in [-0.25, -0.2) is 14.8 Å². The van der Waals surface area contributed by atoms with Gasteiger partial charge in [0.15, 0.2) is 0 Å². The van der Waals surface area contributed by atoms with Crippen LogP contribution in [0.5, 0.6) is 0 Å². The number of carbonyl (C=O) groups is 2. The number of amides is 2. The normalized spacial score (nSPS) is 19.1. The Morgan fingerprint density at radius 3 is 2.45 bits per heavy atom. The van der Waals surface area contributed by atoms with Gasteiger partial charge in [-0.3, -0.25) is 4.79 Å². The molecule has 4 rings (SSSR count). The van der Waals surface area contributed by atoms with Crippen LogP contribution in [0.1, 0.15) is 69.0 Å². The Labute approximate surface area is 235 Å². The van der Waals surface area contributed by atoms with Gasteiger partial charge in [0.2, 0.25) is 5.91 Å². The molecular weight excluding hydrogens is 522 g/mol. The molecule has 1 aromatic carbocycles.